The van der Waals surface area contributed by atoms with Crippen molar-refractivity contribution < 1.29 is 14.7 Å². The van der Waals surface area contributed by atoms with Crippen LogP contribution in [0.5, 0.6) is 0 Å². The van der Waals surface area contributed by atoms with Gasteiger partial charge >= 0.3 is 12.0 Å². The third kappa shape index (κ3) is 4.60. The van der Waals surface area contributed by atoms with Crippen molar-refractivity contribution in [2.24, 2.45) is 5.92 Å². The topological polar surface area (TPSA) is 72.9 Å². The summed E-state index contributed by atoms with van der Waals surface area (Å²) in [7, 11) is 1.48. The molecule has 1 heterocycles. The molecule has 6 heteroatoms. The molecular formula is C11H21N3O3. The number of rotatable bonds is 5. The van der Waals surface area contributed by atoms with Crippen molar-refractivity contribution in [2.45, 2.75) is 13.3 Å². The molecule has 1 atom stereocenters. The summed E-state index contributed by atoms with van der Waals surface area (Å²) in [6.07, 6.45) is 1.09. The number of carbonyl (C=O) groups is 2. The van der Waals surface area contributed by atoms with Crippen molar-refractivity contribution in [1.82, 2.24) is 15.1 Å². The monoisotopic (exact) mass is 243 g/mol. The second kappa shape index (κ2) is 6.44. The SMILES string of the molecule is CCN1CCC(CNC(=O)N(C)CC(=O)O)C1. The van der Waals surface area contributed by atoms with Crippen LogP contribution in [0.3, 0.4) is 0 Å². The zero-order valence-electron chi connectivity index (χ0n) is 10.5. The standard InChI is InChI=1S/C11H21N3O3/c1-3-14-5-4-9(7-14)6-12-11(17)13(2)8-10(15)16/h9H,3-8H2,1-2H3,(H,12,17)(H,15,16). The lowest BCUT2D eigenvalue weighted by Gasteiger charge is -2.18. The Balaban J connectivity index is 2.22. The summed E-state index contributed by atoms with van der Waals surface area (Å²) in [6, 6.07) is -0.317. The fourth-order valence-corrected chi connectivity index (χ4v) is 2.01. The number of carboxylic acid groups (broad SMARTS) is 1. The molecule has 1 saturated heterocycles. The van der Waals surface area contributed by atoms with Gasteiger partial charge in [0.2, 0.25) is 0 Å². The van der Waals surface area contributed by atoms with E-state index in [0.29, 0.717) is 12.5 Å². The lowest BCUT2D eigenvalue weighted by atomic mass is 10.1. The predicted molar refractivity (Wildman–Crippen MR) is 63.9 cm³/mol. The molecule has 98 valence electrons. The van der Waals surface area contributed by atoms with Gasteiger partial charge in [0.25, 0.3) is 0 Å². The van der Waals surface area contributed by atoms with E-state index in [1.807, 2.05) is 0 Å². The van der Waals surface area contributed by atoms with Crippen LogP contribution in [-0.2, 0) is 4.79 Å². The Kier molecular flexibility index (Phi) is 5.21. The van der Waals surface area contributed by atoms with Crippen molar-refractivity contribution in [3.05, 3.63) is 0 Å². The minimum absolute atomic E-state index is 0.266. The maximum absolute atomic E-state index is 11.5. The zero-order chi connectivity index (χ0) is 12.8. The minimum Gasteiger partial charge on any atom is -0.480 e. The molecule has 0 radical (unpaired) electrons. The first kappa shape index (κ1) is 13.8. The van der Waals surface area contributed by atoms with Crippen molar-refractivity contribution >= 4 is 12.0 Å². The van der Waals surface area contributed by atoms with Gasteiger partial charge in [-0.3, -0.25) is 4.79 Å². The average Bonchev–Trinajstić information content (AvgIpc) is 2.72. The van der Waals surface area contributed by atoms with Gasteiger partial charge in [0.1, 0.15) is 6.54 Å². The largest absolute Gasteiger partial charge is 0.480 e. The fourth-order valence-electron chi connectivity index (χ4n) is 2.01. The highest BCUT2D eigenvalue weighted by atomic mass is 16.4. The van der Waals surface area contributed by atoms with Crippen LogP contribution in [0.4, 0.5) is 4.79 Å². The van der Waals surface area contributed by atoms with E-state index in [2.05, 4.69) is 17.1 Å². The molecule has 0 aromatic heterocycles. The maximum Gasteiger partial charge on any atom is 0.323 e. The molecule has 0 aromatic carbocycles. The average molecular weight is 243 g/mol. The molecule has 0 bridgehead atoms. The van der Waals surface area contributed by atoms with E-state index in [9.17, 15) is 9.59 Å². The van der Waals surface area contributed by atoms with Crippen molar-refractivity contribution in [2.75, 3.05) is 39.8 Å². The summed E-state index contributed by atoms with van der Waals surface area (Å²) in [5, 5.41) is 11.3. The van der Waals surface area contributed by atoms with Crippen LogP contribution in [0.15, 0.2) is 0 Å². The summed E-state index contributed by atoms with van der Waals surface area (Å²) in [5.74, 6) is -0.516. The van der Waals surface area contributed by atoms with Gasteiger partial charge in [-0.15, -0.1) is 0 Å². The third-order valence-electron chi connectivity index (χ3n) is 3.08. The van der Waals surface area contributed by atoms with Crippen LogP contribution in [-0.4, -0.2) is 66.7 Å². The maximum atomic E-state index is 11.5. The van der Waals surface area contributed by atoms with Crippen molar-refractivity contribution in [3.63, 3.8) is 0 Å². The van der Waals surface area contributed by atoms with Crippen LogP contribution in [0, 0.1) is 5.92 Å². The van der Waals surface area contributed by atoms with Crippen LogP contribution in [0.25, 0.3) is 0 Å². The quantitative estimate of drug-likeness (QED) is 0.716. The number of carbonyl (C=O) groups excluding carboxylic acids is 1. The van der Waals surface area contributed by atoms with E-state index in [4.69, 9.17) is 5.11 Å². The fraction of sp³-hybridized carbons (Fsp3) is 0.818. The second-order valence-corrected chi connectivity index (χ2v) is 4.48. The van der Waals surface area contributed by atoms with Gasteiger partial charge in [-0.1, -0.05) is 6.92 Å². The van der Waals surface area contributed by atoms with E-state index in [1.165, 1.54) is 11.9 Å². The van der Waals surface area contributed by atoms with Gasteiger partial charge in [0.05, 0.1) is 0 Å². The number of nitrogens with zero attached hydrogens (tertiary/aromatic N) is 2. The van der Waals surface area contributed by atoms with E-state index < -0.39 is 5.97 Å². The molecule has 0 aromatic rings. The lowest BCUT2D eigenvalue weighted by molar-refractivity contribution is -0.137. The Morgan fingerprint density at radius 1 is 1.53 bits per heavy atom. The van der Waals surface area contributed by atoms with Crippen LogP contribution in [0.1, 0.15) is 13.3 Å². The number of aliphatic carboxylic acids is 1. The third-order valence-corrected chi connectivity index (χ3v) is 3.08. The Morgan fingerprint density at radius 3 is 2.76 bits per heavy atom. The number of likely N-dealkylation sites (tertiary alicyclic amines) is 1. The molecule has 2 amide bonds. The molecule has 17 heavy (non-hydrogen) atoms. The smallest absolute Gasteiger partial charge is 0.323 e. The van der Waals surface area contributed by atoms with Gasteiger partial charge in [-0.2, -0.15) is 0 Å². The number of nitrogens with one attached hydrogen (secondary N) is 1. The Morgan fingerprint density at radius 2 is 2.24 bits per heavy atom. The molecule has 0 aliphatic carbocycles. The number of hydrogen-bond donors (Lipinski definition) is 2. The predicted octanol–water partition coefficient (Wildman–Crippen LogP) is 0.0542. The van der Waals surface area contributed by atoms with Gasteiger partial charge < -0.3 is 20.2 Å². The Hall–Kier alpha value is -1.30. The molecule has 1 fully saturated rings. The van der Waals surface area contributed by atoms with Gasteiger partial charge in [0, 0.05) is 20.1 Å². The molecule has 6 nitrogen and oxygen atoms in total. The van der Waals surface area contributed by atoms with Crippen LogP contribution < -0.4 is 5.32 Å². The first-order valence-corrected chi connectivity index (χ1v) is 5.96. The molecule has 0 spiro atoms. The van der Waals surface area contributed by atoms with Crippen molar-refractivity contribution in [3.8, 4) is 0 Å². The molecule has 1 unspecified atom stereocenters. The number of hydrogen-bond acceptors (Lipinski definition) is 3. The van der Waals surface area contributed by atoms with Crippen molar-refractivity contribution in [1.29, 1.82) is 0 Å². The zero-order valence-corrected chi connectivity index (χ0v) is 10.5. The summed E-state index contributed by atoms with van der Waals surface area (Å²) in [6.45, 7) is 5.63. The van der Waals surface area contributed by atoms with Gasteiger partial charge in [-0.05, 0) is 25.4 Å². The molecular weight excluding hydrogens is 222 g/mol. The molecule has 1 aliphatic rings. The summed E-state index contributed by atoms with van der Waals surface area (Å²) in [4.78, 5) is 25.5. The highest BCUT2D eigenvalue weighted by molar-refractivity contribution is 5.79. The van der Waals surface area contributed by atoms with E-state index in [0.717, 1.165) is 26.1 Å². The van der Waals surface area contributed by atoms with Crippen LogP contribution >= 0.6 is 0 Å². The normalized spacial score (nSPS) is 20.2. The van der Waals surface area contributed by atoms with E-state index in [1.54, 1.807) is 0 Å². The molecule has 0 saturated carbocycles. The van der Waals surface area contributed by atoms with E-state index in [-0.39, 0.29) is 12.6 Å². The summed E-state index contributed by atoms with van der Waals surface area (Å²) >= 11 is 0. The number of carboxylic acids is 1. The second-order valence-electron chi connectivity index (χ2n) is 4.48. The Labute approximate surface area is 102 Å². The first-order chi connectivity index (χ1) is 8.02. The molecule has 1 aliphatic heterocycles. The summed E-state index contributed by atoms with van der Waals surface area (Å²) < 4.78 is 0. The highest BCUT2D eigenvalue weighted by Gasteiger charge is 2.22. The van der Waals surface area contributed by atoms with E-state index >= 15 is 0 Å². The number of amides is 2. The van der Waals surface area contributed by atoms with Gasteiger partial charge in [-0.25, -0.2) is 4.79 Å². The molecule has 1 rings (SSSR count). The Bertz CT molecular complexity index is 283. The first-order valence-electron chi connectivity index (χ1n) is 5.96. The minimum atomic E-state index is -0.999. The number of urea groups is 1. The highest BCUT2D eigenvalue weighted by Crippen LogP contribution is 2.14. The van der Waals surface area contributed by atoms with Crippen LogP contribution in [0.2, 0.25) is 0 Å². The molecule has 2 N–H and O–H groups in total. The number of likely N-dealkylation sites (N-methyl/N-ethyl adjacent to an activating group) is 1. The lowest BCUT2D eigenvalue weighted by Crippen LogP contribution is -2.42. The summed E-state index contributed by atoms with van der Waals surface area (Å²) in [5.41, 5.74) is 0. The van der Waals surface area contributed by atoms with Gasteiger partial charge in [0.15, 0.2) is 0 Å².